The van der Waals surface area contributed by atoms with Crippen molar-refractivity contribution >= 4 is 6.79 Å². The molecular formula is C6H17NO. The lowest BCUT2D eigenvalue weighted by Crippen LogP contribution is -2.21. The summed E-state index contributed by atoms with van der Waals surface area (Å²) in [5, 5.41) is 0. The van der Waals surface area contributed by atoms with Crippen LogP contribution in [-0.4, -0.2) is 12.8 Å². The van der Waals surface area contributed by atoms with Crippen LogP contribution in [0.1, 0.15) is 22.2 Å². The van der Waals surface area contributed by atoms with Crippen LogP contribution in [-0.2, 0) is 4.79 Å². The van der Waals surface area contributed by atoms with Crippen molar-refractivity contribution in [2.24, 2.45) is 11.7 Å². The average Bonchev–Trinajstić information content (AvgIpc) is 1.72. The zero-order valence-electron chi connectivity index (χ0n) is 5.85. The predicted molar refractivity (Wildman–Crippen MR) is 37.7 cm³/mol. The molecule has 2 nitrogen and oxygen atoms in total. The van der Waals surface area contributed by atoms with E-state index in [-0.39, 0.29) is 1.43 Å². The average molecular weight is 119 g/mol. The fourth-order valence-corrected chi connectivity index (χ4v) is 0. The summed E-state index contributed by atoms with van der Waals surface area (Å²) in [6, 6.07) is 0.352. The van der Waals surface area contributed by atoms with Gasteiger partial charge in [0.25, 0.3) is 0 Å². The first-order valence-corrected chi connectivity index (χ1v) is 2.69. The molecule has 0 aliphatic heterocycles. The van der Waals surface area contributed by atoms with Gasteiger partial charge in [0.2, 0.25) is 0 Å². The SMILES string of the molecule is C=O.CC(C)[C@@H](C)N.[HH]. The van der Waals surface area contributed by atoms with Gasteiger partial charge in [-0.25, -0.2) is 0 Å². The highest BCUT2D eigenvalue weighted by Gasteiger charge is 1.95. The van der Waals surface area contributed by atoms with Crippen molar-refractivity contribution in [3.8, 4) is 0 Å². The molecular weight excluding hydrogens is 102 g/mol. The van der Waals surface area contributed by atoms with Crippen molar-refractivity contribution in [3.63, 3.8) is 0 Å². The summed E-state index contributed by atoms with van der Waals surface area (Å²) in [7, 11) is 0. The third kappa shape index (κ3) is 9.16. The van der Waals surface area contributed by atoms with Crippen LogP contribution in [0.2, 0.25) is 0 Å². The van der Waals surface area contributed by atoms with Gasteiger partial charge in [-0.2, -0.15) is 0 Å². The summed E-state index contributed by atoms with van der Waals surface area (Å²) in [6.45, 7) is 8.25. The Bertz CT molecular complexity index is 42.3. The number of hydrogen-bond acceptors (Lipinski definition) is 2. The van der Waals surface area contributed by atoms with E-state index in [0.29, 0.717) is 12.0 Å². The molecule has 8 heavy (non-hydrogen) atoms. The number of rotatable bonds is 1. The van der Waals surface area contributed by atoms with Crippen LogP contribution in [0.5, 0.6) is 0 Å². The van der Waals surface area contributed by atoms with Crippen LogP contribution in [0.15, 0.2) is 0 Å². The van der Waals surface area contributed by atoms with Crippen molar-refractivity contribution in [1.82, 2.24) is 0 Å². The highest BCUT2D eigenvalue weighted by Crippen LogP contribution is 1.93. The Kier molecular flexibility index (Phi) is 8.77. The molecule has 0 unspecified atom stereocenters. The molecule has 0 saturated carbocycles. The van der Waals surface area contributed by atoms with E-state index >= 15 is 0 Å². The van der Waals surface area contributed by atoms with Gasteiger partial charge in [-0.15, -0.1) is 0 Å². The van der Waals surface area contributed by atoms with Gasteiger partial charge in [-0.05, 0) is 12.8 Å². The van der Waals surface area contributed by atoms with E-state index < -0.39 is 0 Å². The van der Waals surface area contributed by atoms with Crippen molar-refractivity contribution in [3.05, 3.63) is 0 Å². The molecule has 0 rings (SSSR count). The first kappa shape index (κ1) is 10.6. The molecule has 1 atom stereocenters. The second kappa shape index (κ2) is 6.63. The topological polar surface area (TPSA) is 43.1 Å². The summed E-state index contributed by atoms with van der Waals surface area (Å²) in [6.07, 6.45) is 0. The number of nitrogens with two attached hydrogens (primary N) is 1. The Morgan fingerprint density at radius 2 is 1.50 bits per heavy atom. The highest BCUT2D eigenvalue weighted by molar-refractivity contribution is 5.10. The van der Waals surface area contributed by atoms with Gasteiger partial charge in [0, 0.05) is 7.47 Å². The molecule has 0 aliphatic carbocycles. The monoisotopic (exact) mass is 119 g/mol. The van der Waals surface area contributed by atoms with E-state index in [9.17, 15) is 0 Å². The van der Waals surface area contributed by atoms with Crippen LogP contribution in [0.3, 0.4) is 0 Å². The van der Waals surface area contributed by atoms with Crippen molar-refractivity contribution in [2.45, 2.75) is 26.8 Å². The standard InChI is InChI=1S/C5H13N.CH2O.H2/c1-4(2)5(3)6;1-2;/h4-5H,6H2,1-3H3;1H2;1H/t5-;;/m1../s1. The summed E-state index contributed by atoms with van der Waals surface area (Å²) in [5.41, 5.74) is 5.44. The van der Waals surface area contributed by atoms with Gasteiger partial charge in [0.1, 0.15) is 6.79 Å². The zero-order valence-corrected chi connectivity index (χ0v) is 5.85. The molecule has 0 heterocycles. The minimum absolute atomic E-state index is 0. The summed E-state index contributed by atoms with van der Waals surface area (Å²) in [4.78, 5) is 8.00. The molecule has 0 aromatic carbocycles. The fourth-order valence-electron chi connectivity index (χ4n) is 0. The molecule has 0 aliphatic rings. The fraction of sp³-hybridized carbons (Fsp3) is 0.833. The molecule has 0 radical (unpaired) electrons. The molecule has 0 aromatic rings. The highest BCUT2D eigenvalue weighted by atomic mass is 16.1. The lowest BCUT2D eigenvalue weighted by Gasteiger charge is -2.05. The first-order chi connectivity index (χ1) is 3.64. The smallest absolute Gasteiger partial charge is 0.106 e. The van der Waals surface area contributed by atoms with E-state index in [2.05, 4.69) is 13.8 Å². The van der Waals surface area contributed by atoms with Crippen LogP contribution in [0.4, 0.5) is 0 Å². The Morgan fingerprint density at radius 1 is 1.38 bits per heavy atom. The Labute approximate surface area is 52.6 Å². The summed E-state index contributed by atoms with van der Waals surface area (Å²) in [5.74, 6) is 0.630. The normalized spacial score (nSPS) is 12.1. The molecule has 0 bridgehead atoms. The second-order valence-corrected chi connectivity index (χ2v) is 2.10. The maximum absolute atomic E-state index is 8.00. The number of hydrogen-bond donors (Lipinski definition) is 1. The van der Waals surface area contributed by atoms with E-state index in [1.165, 1.54) is 0 Å². The minimum atomic E-state index is 0. The maximum atomic E-state index is 8.00. The second-order valence-electron chi connectivity index (χ2n) is 2.10. The van der Waals surface area contributed by atoms with Crippen molar-refractivity contribution < 1.29 is 6.22 Å². The molecule has 0 aromatic heterocycles. The third-order valence-electron chi connectivity index (χ3n) is 1.05. The molecule has 0 amide bonds. The summed E-state index contributed by atoms with van der Waals surface area (Å²) < 4.78 is 0. The first-order valence-electron chi connectivity index (χ1n) is 2.69. The quantitative estimate of drug-likeness (QED) is 0.560. The van der Waals surface area contributed by atoms with Gasteiger partial charge in [-0.3, -0.25) is 0 Å². The van der Waals surface area contributed by atoms with Gasteiger partial charge in [-0.1, -0.05) is 13.8 Å². The lowest BCUT2D eigenvalue weighted by atomic mass is 10.1. The van der Waals surface area contributed by atoms with E-state index in [1.54, 1.807) is 0 Å². The van der Waals surface area contributed by atoms with Crippen LogP contribution in [0.25, 0.3) is 0 Å². The molecule has 2 heteroatoms. The van der Waals surface area contributed by atoms with Crippen molar-refractivity contribution in [1.29, 1.82) is 0 Å². The molecule has 2 N–H and O–H groups in total. The van der Waals surface area contributed by atoms with Gasteiger partial charge in [0.05, 0.1) is 0 Å². The molecule has 0 spiro atoms. The van der Waals surface area contributed by atoms with Gasteiger partial charge in [0.15, 0.2) is 0 Å². The van der Waals surface area contributed by atoms with Crippen molar-refractivity contribution in [2.75, 3.05) is 0 Å². The molecule has 0 saturated heterocycles. The van der Waals surface area contributed by atoms with Gasteiger partial charge < -0.3 is 10.5 Å². The predicted octanol–water partition coefficient (Wildman–Crippen LogP) is 1.05. The van der Waals surface area contributed by atoms with Crippen LogP contribution >= 0.6 is 0 Å². The lowest BCUT2D eigenvalue weighted by molar-refractivity contribution is -0.0979. The molecule has 0 fully saturated rings. The number of carbonyl (C=O) groups is 1. The Balaban J connectivity index is -0.000000109. The summed E-state index contributed by atoms with van der Waals surface area (Å²) >= 11 is 0. The largest absolute Gasteiger partial charge is 0.328 e. The zero-order chi connectivity index (χ0) is 7.15. The minimum Gasteiger partial charge on any atom is -0.328 e. The van der Waals surface area contributed by atoms with E-state index in [1.807, 2.05) is 13.7 Å². The number of carbonyl (C=O) groups excluding carboxylic acids is 1. The molecule has 52 valence electrons. The van der Waals surface area contributed by atoms with Crippen LogP contribution in [0, 0.1) is 5.92 Å². The third-order valence-corrected chi connectivity index (χ3v) is 1.05. The van der Waals surface area contributed by atoms with E-state index in [4.69, 9.17) is 10.5 Å². The van der Waals surface area contributed by atoms with E-state index in [0.717, 1.165) is 0 Å². The van der Waals surface area contributed by atoms with Crippen LogP contribution < -0.4 is 5.73 Å². The Hall–Kier alpha value is -0.370. The Morgan fingerprint density at radius 3 is 1.50 bits per heavy atom. The maximum Gasteiger partial charge on any atom is 0.106 e. The van der Waals surface area contributed by atoms with Gasteiger partial charge >= 0.3 is 0 Å².